The number of non-ortho nitro benzene ring substituents is 1. The van der Waals surface area contributed by atoms with Crippen LogP contribution in [0.15, 0.2) is 67.3 Å². The number of piperidine rings is 1. The van der Waals surface area contributed by atoms with Gasteiger partial charge in [0.25, 0.3) is 5.69 Å². The molecule has 3 atom stereocenters. The minimum atomic E-state index is -3.27. The number of rotatable bonds is 11. The summed E-state index contributed by atoms with van der Waals surface area (Å²) in [4.78, 5) is 27.6. The van der Waals surface area contributed by atoms with E-state index in [4.69, 9.17) is 4.74 Å². The van der Waals surface area contributed by atoms with Crippen molar-refractivity contribution in [2.45, 2.75) is 50.3 Å². The molecule has 0 spiro atoms. The molecule has 11 heteroatoms. The molecule has 2 aromatic rings. The maximum atomic E-state index is 13.0. The van der Waals surface area contributed by atoms with E-state index in [0.29, 0.717) is 18.0 Å². The molecule has 0 bridgehead atoms. The molecular weight excluding hydrogens is 544 g/mol. The first-order valence-electron chi connectivity index (χ1n) is 14.0. The molecule has 2 aliphatic rings. The van der Waals surface area contributed by atoms with E-state index in [0.717, 1.165) is 45.3 Å². The largest absolute Gasteiger partial charge is 0.445 e. The lowest BCUT2D eigenvalue weighted by atomic mass is 9.88. The van der Waals surface area contributed by atoms with E-state index in [9.17, 15) is 23.3 Å². The summed E-state index contributed by atoms with van der Waals surface area (Å²) in [6.07, 6.45) is 5.78. The number of likely N-dealkylation sites (tertiary alicyclic amines) is 1. The number of nitro benzene ring substituents is 1. The Morgan fingerprint density at radius 1 is 1.10 bits per heavy atom. The van der Waals surface area contributed by atoms with Gasteiger partial charge in [0.15, 0.2) is 0 Å². The quantitative estimate of drug-likeness (QED) is 0.215. The number of ether oxygens (including phenoxy) is 1. The minimum absolute atomic E-state index is 0.00856. The van der Waals surface area contributed by atoms with Crippen LogP contribution < -0.4 is 0 Å². The molecule has 0 N–H and O–H groups in total. The SMILES string of the molecule is C=CCN(C(=O)OCc1ccc([N+](=O)[O-])cc1)C1CCN(C[C@H]2C[C@@H](N(C)S(C)(=O)=O)C[C@@H]2c2ccccc2)CC1. The highest BCUT2D eigenvalue weighted by atomic mass is 32.2. The van der Waals surface area contributed by atoms with E-state index < -0.39 is 21.0 Å². The molecule has 1 aliphatic heterocycles. The second kappa shape index (κ2) is 13.6. The van der Waals surface area contributed by atoms with Gasteiger partial charge in [0.2, 0.25) is 10.0 Å². The van der Waals surface area contributed by atoms with Gasteiger partial charge in [-0.3, -0.25) is 10.1 Å². The first-order valence-corrected chi connectivity index (χ1v) is 15.9. The summed E-state index contributed by atoms with van der Waals surface area (Å²) < 4.78 is 31.6. The van der Waals surface area contributed by atoms with E-state index in [1.165, 1.54) is 28.3 Å². The topological polar surface area (TPSA) is 113 Å². The molecule has 222 valence electrons. The van der Waals surface area contributed by atoms with Crippen molar-refractivity contribution in [2.24, 2.45) is 5.92 Å². The Labute approximate surface area is 242 Å². The number of nitrogens with zero attached hydrogens (tertiary/aromatic N) is 4. The summed E-state index contributed by atoms with van der Waals surface area (Å²) >= 11 is 0. The number of nitro groups is 1. The first kappa shape index (κ1) is 30.7. The van der Waals surface area contributed by atoms with Gasteiger partial charge >= 0.3 is 6.09 Å². The van der Waals surface area contributed by atoms with Crippen LogP contribution in [0.5, 0.6) is 0 Å². The second-order valence-corrected chi connectivity index (χ2v) is 13.2. The standard InChI is InChI=1S/C30H40N4O6S/c1-4-16-33(30(35)40-22-23-10-12-27(13-11-23)34(36)37)26-14-17-32(18-15-26)21-25-19-28(31(2)41(3,38)39)20-29(25)24-8-6-5-7-9-24/h4-13,25-26,28-29H,1,14-22H2,2-3H3/t25-,28-,29-/m1/s1. The summed E-state index contributed by atoms with van der Waals surface area (Å²) in [5.74, 6) is 0.619. The van der Waals surface area contributed by atoms with Crippen molar-refractivity contribution in [3.8, 4) is 0 Å². The van der Waals surface area contributed by atoms with Crippen molar-refractivity contribution in [3.05, 3.63) is 88.5 Å². The van der Waals surface area contributed by atoms with Crippen LogP contribution in [0.25, 0.3) is 0 Å². The predicted octanol–water partition coefficient (Wildman–Crippen LogP) is 4.64. The molecule has 1 aliphatic carbocycles. The van der Waals surface area contributed by atoms with Gasteiger partial charge in [-0.05, 0) is 60.8 Å². The van der Waals surface area contributed by atoms with Crippen molar-refractivity contribution < 1.29 is 22.9 Å². The van der Waals surface area contributed by atoms with Crippen LogP contribution in [0.3, 0.4) is 0 Å². The summed E-state index contributed by atoms with van der Waals surface area (Å²) in [6.45, 7) is 6.77. The first-order chi connectivity index (χ1) is 19.6. The Morgan fingerprint density at radius 2 is 1.76 bits per heavy atom. The normalized spacial score (nSPS) is 22.0. The molecule has 1 saturated carbocycles. The summed E-state index contributed by atoms with van der Waals surface area (Å²) in [5, 5.41) is 10.9. The second-order valence-electron chi connectivity index (χ2n) is 11.1. The summed E-state index contributed by atoms with van der Waals surface area (Å²) in [7, 11) is -1.59. The molecule has 1 amide bonds. The molecular formula is C30H40N4O6S. The zero-order valence-electron chi connectivity index (χ0n) is 23.8. The van der Waals surface area contributed by atoms with E-state index in [1.54, 1.807) is 30.2 Å². The zero-order chi connectivity index (χ0) is 29.6. The Bertz CT molecular complexity index is 1300. The Morgan fingerprint density at radius 3 is 2.34 bits per heavy atom. The zero-order valence-corrected chi connectivity index (χ0v) is 24.6. The van der Waals surface area contributed by atoms with Crippen molar-refractivity contribution in [1.29, 1.82) is 0 Å². The number of sulfonamides is 1. The Balaban J connectivity index is 1.34. The molecule has 41 heavy (non-hydrogen) atoms. The monoisotopic (exact) mass is 584 g/mol. The number of hydrogen-bond acceptors (Lipinski definition) is 7. The van der Waals surface area contributed by atoms with Gasteiger partial charge in [0.05, 0.1) is 11.2 Å². The lowest BCUT2D eigenvalue weighted by molar-refractivity contribution is -0.384. The van der Waals surface area contributed by atoms with Crippen LogP contribution in [-0.4, -0.2) is 85.1 Å². The molecule has 2 aromatic carbocycles. The summed E-state index contributed by atoms with van der Waals surface area (Å²) in [5.41, 5.74) is 1.93. The molecule has 0 unspecified atom stereocenters. The van der Waals surface area contributed by atoms with Crippen LogP contribution in [0.4, 0.5) is 10.5 Å². The van der Waals surface area contributed by atoms with Gasteiger partial charge < -0.3 is 14.5 Å². The van der Waals surface area contributed by atoms with Crippen molar-refractivity contribution >= 4 is 21.8 Å². The third-order valence-electron chi connectivity index (χ3n) is 8.50. The molecule has 10 nitrogen and oxygen atoms in total. The highest BCUT2D eigenvalue weighted by molar-refractivity contribution is 7.88. The maximum absolute atomic E-state index is 13.0. The smallest absolute Gasteiger partial charge is 0.410 e. The number of carbonyl (C=O) groups excluding carboxylic acids is 1. The minimum Gasteiger partial charge on any atom is -0.445 e. The molecule has 2 fully saturated rings. The molecule has 1 saturated heterocycles. The average molecular weight is 585 g/mol. The Kier molecular flexibility index (Phi) is 10.2. The van der Waals surface area contributed by atoms with Crippen molar-refractivity contribution in [3.63, 3.8) is 0 Å². The van der Waals surface area contributed by atoms with Gasteiger partial charge in [0, 0.05) is 57.4 Å². The third kappa shape index (κ3) is 7.93. The van der Waals surface area contributed by atoms with Gasteiger partial charge in [-0.1, -0.05) is 36.4 Å². The van der Waals surface area contributed by atoms with Crippen LogP contribution in [0.1, 0.15) is 42.7 Å². The van der Waals surface area contributed by atoms with Gasteiger partial charge in [-0.25, -0.2) is 17.5 Å². The van der Waals surface area contributed by atoms with Crippen LogP contribution in [0, 0.1) is 16.0 Å². The van der Waals surface area contributed by atoms with E-state index in [-0.39, 0.29) is 30.3 Å². The fourth-order valence-electron chi connectivity index (χ4n) is 6.17. The lowest BCUT2D eigenvalue weighted by Crippen LogP contribution is -2.48. The van der Waals surface area contributed by atoms with Gasteiger partial charge in [0.1, 0.15) is 6.61 Å². The van der Waals surface area contributed by atoms with Gasteiger partial charge in [-0.2, -0.15) is 0 Å². The summed E-state index contributed by atoms with van der Waals surface area (Å²) in [6, 6.07) is 16.3. The van der Waals surface area contributed by atoms with Crippen molar-refractivity contribution in [2.75, 3.05) is 39.5 Å². The van der Waals surface area contributed by atoms with Crippen molar-refractivity contribution in [1.82, 2.24) is 14.1 Å². The molecule has 0 radical (unpaired) electrons. The maximum Gasteiger partial charge on any atom is 0.410 e. The molecule has 0 aromatic heterocycles. The third-order valence-corrected chi connectivity index (χ3v) is 9.84. The predicted molar refractivity (Wildman–Crippen MR) is 158 cm³/mol. The number of benzene rings is 2. The fraction of sp³-hybridized carbons (Fsp3) is 0.500. The highest BCUT2D eigenvalue weighted by Crippen LogP contribution is 2.42. The van der Waals surface area contributed by atoms with E-state index in [2.05, 4.69) is 23.6 Å². The Hall–Kier alpha value is -3.28. The van der Waals surface area contributed by atoms with E-state index >= 15 is 0 Å². The van der Waals surface area contributed by atoms with Gasteiger partial charge in [-0.15, -0.1) is 6.58 Å². The molecule has 4 rings (SSSR count). The number of amides is 1. The molecule has 1 heterocycles. The highest BCUT2D eigenvalue weighted by Gasteiger charge is 2.40. The van der Waals surface area contributed by atoms with Crippen LogP contribution >= 0.6 is 0 Å². The van der Waals surface area contributed by atoms with Crippen LogP contribution in [0.2, 0.25) is 0 Å². The number of carbonyl (C=O) groups is 1. The number of hydrogen-bond donors (Lipinski definition) is 0. The average Bonchev–Trinajstić information content (AvgIpc) is 3.38. The lowest BCUT2D eigenvalue weighted by Gasteiger charge is -2.39. The fourth-order valence-corrected chi connectivity index (χ4v) is 6.89. The van der Waals surface area contributed by atoms with E-state index in [1.807, 2.05) is 18.2 Å². The van der Waals surface area contributed by atoms with Crippen LogP contribution in [-0.2, 0) is 21.4 Å².